The average Bonchev–Trinajstić information content (AvgIpc) is 2.91. The number of benzene rings is 2. The molecule has 1 aliphatic heterocycles. The molecule has 6 heteroatoms. The molecular formula is C18H17NO5. The fourth-order valence-corrected chi connectivity index (χ4v) is 2.79. The highest BCUT2D eigenvalue weighted by atomic mass is 16.7. The van der Waals surface area contributed by atoms with Gasteiger partial charge in [0.1, 0.15) is 5.75 Å². The molecule has 2 N–H and O–H groups in total. The van der Waals surface area contributed by atoms with Gasteiger partial charge in [-0.3, -0.25) is 0 Å². The molecule has 2 aromatic carbocycles. The quantitative estimate of drug-likeness (QED) is 0.901. The van der Waals surface area contributed by atoms with Crippen LogP contribution in [0.2, 0.25) is 0 Å². The highest BCUT2D eigenvalue weighted by Crippen LogP contribution is 2.40. The van der Waals surface area contributed by atoms with Crippen LogP contribution < -0.4 is 4.74 Å². The monoisotopic (exact) mass is 327 g/mol. The van der Waals surface area contributed by atoms with Crippen molar-refractivity contribution in [2.24, 2.45) is 11.1 Å². The van der Waals surface area contributed by atoms with E-state index in [1.165, 1.54) is 12.1 Å². The Labute approximate surface area is 138 Å². The third-order valence-electron chi connectivity index (χ3n) is 4.21. The molecular weight excluding hydrogens is 310 g/mol. The van der Waals surface area contributed by atoms with E-state index in [0.29, 0.717) is 11.5 Å². The Kier molecular flexibility index (Phi) is 3.99. The number of aliphatic hydroxyl groups is 1. The molecule has 0 aromatic heterocycles. The average molecular weight is 327 g/mol. The molecule has 24 heavy (non-hydrogen) atoms. The lowest BCUT2D eigenvalue weighted by molar-refractivity contribution is -0.214. The van der Waals surface area contributed by atoms with Crippen LogP contribution in [0, 0.1) is 5.92 Å². The zero-order valence-electron chi connectivity index (χ0n) is 13.3. The minimum atomic E-state index is -1.83. The van der Waals surface area contributed by atoms with Crippen molar-refractivity contribution in [3.8, 4) is 5.75 Å². The van der Waals surface area contributed by atoms with Gasteiger partial charge >= 0.3 is 5.97 Å². The number of hydrogen-bond donors (Lipinski definition) is 2. The number of hydrogen-bond acceptors (Lipinski definition) is 5. The van der Waals surface area contributed by atoms with Crippen molar-refractivity contribution in [3.05, 3.63) is 65.2 Å². The van der Waals surface area contributed by atoms with Gasteiger partial charge in [0, 0.05) is 11.1 Å². The van der Waals surface area contributed by atoms with Gasteiger partial charge in [-0.15, -0.1) is 0 Å². The van der Waals surface area contributed by atoms with Gasteiger partial charge in [-0.1, -0.05) is 23.4 Å². The topological polar surface area (TPSA) is 88.4 Å². The Balaban J connectivity index is 1.97. The second-order valence-electron chi connectivity index (χ2n) is 5.57. The Bertz CT molecular complexity index is 799. The van der Waals surface area contributed by atoms with E-state index < -0.39 is 17.7 Å². The molecule has 0 saturated heterocycles. The highest BCUT2D eigenvalue weighted by Gasteiger charge is 2.48. The summed E-state index contributed by atoms with van der Waals surface area (Å²) < 4.78 is 5.13. The zero-order valence-corrected chi connectivity index (χ0v) is 13.3. The molecule has 6 nitrogen and oxygen atoms in total. The summed E-state index contributed by atoms with van der Waals surface area (Å²) in [5, 5.41) is 24.3. The molecule has 1 aliphatic rings. The van der Waals surface area contributed by atoms with Crippen LogP contribution in [0.15, 0.2) is 53.7 Å². The van der Waals surface area contributed by atoms with E-state index in [-0.39, 0.29) is 11.1 Å². The number of nitrogens with zero attached hydrogens (tertiary/aromatic N) is 1. The van der Waals surface area contributed by atoms with Crippen molar-refractivity contribution in [2.75, 3.05) is 7.11 Å². The maximum absolute atomic E-state index is 11.4. The molecule has 0 radical (unpaired) electrons. The summed E-state index contributed by atoms with van der Waals surface area (Å²) in [4.78, 5) is 16.7. The summed E-state index contributed by atoms with van der Waals surface area (Å²) >= 11 is 0. The number of carboxylic acid groups (broad SMARTS) is 1. The van der Waals surface area contributed by atoms with Gasteiger partial charge in [-0.05, 0) is 37.3 Å². The van der Waals surface area contributed by atoms with Gasteiger partial charge in [-0.2, -0.15) is 0 Å². The molecule has 0 saturated carbocycles. The lowest BCUT2D eigenvalue weighted by Crippen LogP contribution is -2.36. The minimum Gasteiger partial charge on any atom is -0.497 e. The first kappa shape index (κ1) is 16.0. The standard InChI is InChI=1S/C18H17NO5/c1-11-16(12-7-9-13(23-2)10-8-12)19-24-18(11,22)15-6-4-3-5-14(15)17(20)21/h3-11,22H,1-2H3,(H,20,21). The van der Waals surface area contributed by atoms with Gasteiger partial charge in [0.2, 0.25) is 0 Å². The van der Waals surface area contributed by atoms with Crippen LogP contribution in [0.1, 0.15) is 28.4 Å². The van der Waals surface area contributed by atoms with Gasteiger partial charge in [0.15, 0.2) is 0 Å². The van der Waals surface area contributed by atoms with Crippen molar-refractivity contribution >= 4 is 11.7 Å². The van der Waals surface area contributed by atoms with Crippen LogP contribution in [0.4, 0.5) is 0 Å². The Morgan fingerprint density at radius 3 is 2.50 bits per heavy atom. The van der Waals surface area contributed by atoms with Crippen LogP contribution in [0.25, 0.3) is 0 Å². The van der Waals surface area contributed by atoms with Crippen LogP contribution in [-0.2, 0) is 10.6 Å². The van der Waals surface area contributed by atoms with Crippen molar-refractivity contribution in [2.45, 2.75) is 12.7 Å². The summed E-state index contributed by atoms with van der Waals surface area (Å²) in [5.41, 5.74) is 1.47. The van der Waals surface area contributed by atoms with Gasteiger partial charge in [0.05, 0.1) is 24.3 Å². The van der Waals surface area contributed by atoms with Crippen LogP contribution >= 0.6 is 0 Å². The summed E-state index contributed by atoms with van der Waals surface area (Å²) in [7, 11) is 1.58. The first-order valence-electron chi connectivity index (χ1n) is 7.43. The number of methoxy groups -OCH3 is 1. The van der Waals surface area contributed by atoms with Crippen LogP contribution in [0.5, 0.6) is 5.75 Å². The first-order chi connectivity index (χ1) is 11.5. The Morgan fingerprint density at radius 1 is 1.21 bits per heavy atom. The maximum Gasteiger partial charge on any atom is 0.336 e. The molecule has 0 spiro atoms. The van der Waals surface area contributed by atoms with E-state index >= 15 is 0 Å². The number of carbonyl (C=O) groups is 1. The molecule has 0 bridgehead atoms. The molecule has 124 valence electrons. The van der Waals surface area contributed by atoms with Crippen LogP contribution in [0.3, 0.4) is 0 Å². The number of ether oxygens (including phenoxy) is 1. The van der Waals surface area contributed by atoms with Crippen molar-refractivity contribution < 1.29 is 24.6 Å². The predicted molar refractivity (Wildman–Crippen MR) is 87.1 cm³/mol. The van der Waals surface area contributed by atoms with E-state index in [0.717, 1.165) is 5.56 Å². The van der Waals surface area contributed by atoms with E-state index in [1.54, 1.807) is 38.3 Å². The second-order valence-corrected chi connectivity index (χ2v) is 5.57. The zero-order chi connectivity index (χ0) is 17.3. The first-order valence-corrected chi connectivity index (χ1v) is 7.43. The molecule has 2 atom stereocenters. The third-order valence-corrected chi connectivity index (χ3v) is 4.21. The van der Waals surface area contributed by atoms with Crippen molar-refractivity contribution in [1.29, 1.82) is 0 Å². The molecule has 2 unspecified atom stereocenters. The van der Waals surface area contributed by atoms with E-state index in [4.69, 9.17) is 9.57 Å². The van der Waals surface area contributed by atoms with Gasteiger partial charge < -0.3 is 19.8 Å². The largest absolute Gasteiger partial charge is 0.497 e. The number of carboxylic acids is 1. The van der Waals surface area contributed by atoms with E-state index in [1.807, 2.05) is 12.1 Å². The maximum atomic E-state index is 11.4. The molecule has 3 rings (SSSR count). The predicted octanol–water partition coefficient (Wildman–Crippen LogP) is 2.61. The summed E-state index contributed by atoms with van der Waals surface area (Å²) in [6, 6.07) is 13.4. The molecule has 0 fully saturated rings. The second kappa shape index (κ2) is 5.98. The smallest absolute Gasteiger partial charge is 0.336 e. The number of oxime groups is 1. The van der Waals surface area contributed by atoms with Crippen molar-refractivity contribution in [1.82, 2.24) is 0 Å². The normalized spacial score (nSPS) is 22.6. The number of rotatable bonds is 4. The van der Waals surface area contributed by atoms with Gasteiger partial charge in [0.25, 0.3) is 5.79 Å². The summed E-state index contributed by atoms with van der Waals surface area (Å²) in [6.07, 6.45) is 0. The lowest BCUT2D eigenvalue weighted by atomic mass is 9.85. The Morgan fingerprint density at radius 2 is 1.88 bits per heavy atom. The summed E-state index contributed by atoms with van der Waals surface area (Å²) in [6.45, 7) is 1.74. The molecule has 0 amide bonds. The highest BCUT2D eigenvalue weighted by molar-refractivity contribution is 6.03. The molecule has 0 aliphatic carbocycles. The van der Waals surface area contributed by atoms with E-state index in [2.05, 4.69) is 5.16 Å². The number of aromatic carboxylic acids is 1. The Hall–Kier alpha value is -2.86. The fourth-order valence-electron chi connectivity index (χ4n) is 2.79. The minimum absolute atomic E-state index is 0.0157. The molecule has 2 aromatic rings. The van der Waals surface area contributed by atoms with Gasteiger partial charge in [-0.25, -0.2) is 4.79 Å². The van der Waals surface area contributed by atoms with Crippen molar-refractivity contribution in [3.63, 3.8) is 0 Å². The SMILES string of the molecule is COc1ccc(C2=NOC(O)(c3ccccc3C(=O)O)C2C)cc1. The molecule has 1 heterocycles. The fraction of sp³-hybridized carbons (Fsp3) is 0.222. The lowest BCUT2D eigenvalue weighted by Gasteiger charge is -2.27. The van der Waals surface area contributed by atoms with E-state index in [9.17, 15) is 15.0 Å². The third kappa shape index (κ3) is 2.51. The van der Waals surface area contributed by atoms with Crippen LogP contribution in [-0.4, -0.2) is 29.0 Å². The summed E-state index contributed by atoms with van der Waals surface area (Å²) in [5.74, 6) is -2.80.